The number of hydrogen-bond acceptors (Lipinski definition) is 1. The SMILES string of the molecule is CCCCC(CC)NCc1ccc(C)cc1. The summed E-state index contributed by atoms with van der Waals surface area (Å²) in [5, 5.41) is 3.64. The summed E-state index contributed by atoms with van der Waals surface area (Å²) < 4.78 is 0. The lowest BCUT2D eigenvalue weighted by atomic mass is 10.1. The van der Waals surface area contributed by atoms with E-state index in [2.05, 4.69) is 50.4 Å². The van der Waals surface area contributed by atoms with Crippen LogP contribution >= 0.6 is 0 Å². The molecule has 0 amide bonds. The van der Waals surface area contributed by atoms with Crippen LogP contribution in [0.1, 0.15) is 50.7 Å². The molecule has 0 bridgehead atoms. The highest BCUT2D eigenvalue weighted by Gasteiger charge is 2.04. The summed E-state index contributed by atoms with van der Waals surface area (Å²) in [5.74, 6) is 0. The zero-order chi connectivity index (χ0) is 11.8. The lowest BCUT2D eigenvalue weighted by molar-refractivity contribution is 0.452. The fourth-order valence-corrected chi connectivity index (χ4v) is 1.87. The number of rotatable bonds is 7. The van der Waals surface area contributed by atoms with Crippen molar-refractivity contribution in [1.29, 1.82) is 0 Å². The van der Waals surface area contributed by atoms with E-state index in [9.17, 15) is 0 Å². The highest BCUT2D eigenvalue weighted by Crippen LogP contribution is 2.07. The first kappa shape index (κ1) is 13.2. The smallest absolute Gasteiger partial charge is 0.0208 e. The van der Waals surface area contributed by atoms with E-state index in [4.69, 9.17) is 0 Å². The van der Waals surface area contributed by atoms with Gasteiger partial charge in [0.05, 0.1) is 0 Å². The van der Waals surface area contributed by atoms with Crippen LogP contribution in [0, 0.1) is 6.92 Å². The highest BCUT2D eigenvalue weighted by molar-refractivity contribution is 5.21. The van der Waals surface area contributed by atoms with Crippen LogP contribution in [-0.2, 0) is 6.54 Å². The van der Waals surface area contributed by atoms with Crippen molar-refractivity contribution < 1.29 is 0 Å². The van der Waals surface area contributed by atoms with E-state index in [1.807, 2.05) is 0 Å². The first-order valence-electron chi connectivity index (χ1n) is 6.55. The van der Waals surface area contributed by atoms with E-state index < -0.39 is 0 Å². The lowest BCUT2D eigenvalue weighted by Crippen LogP contribution is -2.27. The predicted octanol–water partition coefficient (Wildman–Crippen LogP) is 4.05. The molecule has 0 radical (unpaired) electrons. The van der Waals surface area contributed by atoms with Crippen molar-refractivity contribution in [2.24, 2.45) is 0 Å². The minimum atomic E-state index is 0.682. The van der Waals surface area contributed by atoms with Crippen LogP contribution in [-0.4, -0.2) is 6.04 Å². The van der Waals surface area contributed by atoms with E-state index in [0.717, 1.165) is 6.54 Å². The van der Waals surface area contributed by atoms with Crippen LogP contribution in [0.15, 0.2) is 24.3 Å². The van der Waals surface area contributed by atoms with Crippen molar-refractivity contribution >= 4 is 0 Å². The molecule has 0 heterocycles. The Morgan fingerprint density at radius 3 is 2.38 bits per heavy atom. The first-order chi connectivity index (χ1) is 7.76. The van der Waals surface area contributed by atoms with Crippen molar-refractivity contribution in [1.82, 2.24) is 5.32 Å². The average Bonchev–Trinajstić information content (AvgIpc) is 2.32. The third-order valence-corrected chi connectivity index (χ3v) is 3.11. The Labute approximate surface area is 100 Å². The minimum absolute atomic E-state index is 0.682. The Hall–Kier alpha value is -0.820. The maximum absolute atomic E-state index is 3.64. The van der Waals surface area contributed by atoms with Gasteiger partial charge in [-0.2, -0.15) is 0 Å². The van der Waals surface area contributed by atoms with Crippen molar-refractivity contribution in [2.75, 3.05) is 0 Å². The van der Waals surface area contributed by atoms with E-state index in [1.165, 1.54) is 36.8 Å². The Balaban J connectivity index is 2.34. The van der Waals surface area contributed by atoms with Gasteiger partial charge in [0.2, 0.25) is 0 Å². The monoisotopic (exact) mass is 219 g/mol. The van der Waals surface area contributed by atoms with Crippen LogP contribution in [0.5, 0.6) is 0 Å². The molecule has 1 atom stereocenters. The van der Waals surface area contributed by atoms with Gasteiger partial charge in [-0.1, -0.05) is 56.5 Å². The Morgan fingerprint density at radius 1 is 1.12 bits per heavy atom. The Bertz CT molecular complexity index is 276. The molecule has 90 valence electrons. The molecule has 0 spiro atoms. The lowest BCUT2D eigenvalue weighted by Gasteiger charge is -2.16. The van der Waals surface area contributed by atoms with E-state index >= 15 is 0 Å². The zero-order valence-corrected chi connectivity index (χ0v) is 10.9. The molecule has 0 aliphatic carbocycles. The van der Waals surface area contributed by atoms with E-state index in [0.29, 0.717) is 6.04 Å². The summed E-state index contributed by atoms with van der Waals surface area (Å²) in [6, 6.07) is 9.49. The van der Waals surface area contributed by atoms with Crippen molar-refractivity contribution in [3.8, 4) is 0 Å². The molecule has 1 aromatic rings. The molecule has 1 aromatic carbocycles. The number of nitrogens with one attached hydrogen (secondary N) is 1. The van der Waals surface area contributed by atoms with E-state index in [-0.39, 0.29) is 0 Å². The van der Waals surface area contributed by atoms with Gasteiger partial charge in [0.1, 0.15) is 0 Å². The third kappa shape index (κ3) is 4.80. The molecular formula is C15H25N. The Kier molecular flexibility index (Phi) is 6.17. The molecule has 0 fully saturated rings. The van der Waals surface area contributed by atoms with Crippen LogP contribution in [0.2, 0.25) is 0 Å². The molecule has 1 unspecified atom stereocenters. The topological polar surface area (TPSA) is 12.0 Å². The van der Waals surface area contributed by atoms with Crippen LogP contribution in [0.25, 0.3) is 0 Å². The first-order valence-corrected chi connectivity index (χ1v) is 6.55. The van der Waals surface area contributed by atoms with Gasteiger partial charge in [-0.25, -0.2) is 0 Å². The fraction of sp³-hybridized carbons (Fsp3) is 0.600. The predicted molar refractivity (Wildman–Crippen MR) is 71.6 cm³/mol. The fourth-order valence-electron chi connectivity index (χ4n) is 1.87. The molecular weight excluding hydrogens is 194 g/mol. The molecule has 1 N–H and O–H groups in total. The molecule has 0 aliphatic heterocycles. The maximum Gasteiger partial charge on any atom is 0.0208 e. The molecule has 1 heteroatoms. The molecule has 1 nitrogen and oxygen atoms in total. The standard InChI is InChI=1S/C15H25N/c1-4-6-7-15(5-2)16-12-14-10-8-13(3)9-11-14/h8-11,15-16H,4-7,12H2,1-3H3. The van der Waals surface area contributed by atoms with Crippen LogP contribution in [0.4, 0.5) is 0 Å². The van der Waals surface area contributed by atoms with Gasteiger partial charge in [0.15, 0.2) is 0 Å². The molecule has 1 rings (SSSR count). The zero-order valence-electron chi connectivity index (χ0n) is 10.9. The molecule has 0 saturated heterocycles. The summed E-state index contributed by atoms with van der Waals surface area (Å²) in [7, 11) is 0. The van der Waals surface area contributed by atoms with Crippen LogP contribution < -0.4 is 5.32 Å². The summed E-state index contributed by atoms with van der Waals surface area (Å²) in [6.45, 7) is 7.66. The minimum Gasteiger partial charge on any atom is -0.310 e. The summed E-state index contributed by atoms with van der Waals surface area (Å²) >= 11 is 0. The molecule has 0 aliphatic rings. The Morgan fingerprint density at radius 2 is 1.81 bits per heavy atom. The number of unbranched alkanes of at least 4 members (excludes halogenated alkanes) is 1. The number of benzene rings is 1. The van der Waals surface area contributed by atoms with Gasteiger partial charge in [-0.3, -0.25) is 0 Å². The summed E-state index contributed by atoms with van der Waals surface area (Å²) in [6.07, 6.45) is 5.16. The molecule has 0 aromatic heterocycles. The maximum atomic E-state index is 3.64. The van der Waals surface area contributed by atoms with Gasteiger partial charge >= 0.3 is 0 Å². The normalized spacial score (nSPS) is 12.7. The van der Waals surface area contributed by atoms with Crippen molar-refractivity contribution in [2.45, 2.75) is 59.0 Å². The van der Waals surface area contributed by atoms with Crippen molar-refractivity contribution in [3.05, 3.63) is 35.4 Å². The number of hydrogen-bond donors (Lipinski definition) is 1. The van der Waals surface area contributed by atoms with Gasteiger partial charge in [0, 0.05) is 12.6 Å². The second kappa shape index (κ2) is 7.45. The van der Waals surface area contributed by atoms with Gasteiger partial charge in [-0.15, -0.1) is 0 Å². The third-order valence-electron chi connectivity index (χ3n) is 3.11. The summed E-state index contributed by atoms with van der Waals surface area (Å²) in [5.41, 5.74) is 2.72. The second-order valence-electron chi connectivity index (χ2n) is 4.61. The quantitative estimate of drug-likeness (QED) is 0.729. The molecule has 16 heavy (non-hydrogen) atoms. The van der Waals surface area contributed by atoms with E-state index in [1.54, 1.807) is 0 Å². The number of aryl methyl sites for hydroxylation is 1. The highest BCUT2D eigenvalue weighted by atomic mass is 14.9. The summed E-state index contributed by atoms with van der Waals surface area (Å²) in [4.78, 5) is 0. The van der Waals surface area contributed by atoms with Gasteiger partial charge in [-0.05, 0) is 25.3 Å². The second-order valence-corrected chi connectivity index (χ2v) is 4.61. The largest absolute Gasteiger partial charge is 0.310 e. The van der Waals surface area contributed by atoms with Crippen LogP contribution in [0.3, 0.4) is 0 Å². The average molecular weight is 219 g/mol. The van der Waals surface area contributed by atoms with Crippen molar-refractivity contribution in [3.63, 3.8) is 0 Å². The van der Waals surface area contributed by atoms with Gasteiger partial charge in [0.25, 0.3) is 0 Å². The van der Waals surface area contributed by atoms with Gasteiger partial charge < -0.3 is 5.32 Å². The molecule has 0 saturated carbocycles.